The first-order chi connectivity index (χ1) is 12.0. The van der Waals surface area contributed by atoms with Crippen molar-refractivity contribution in [3.05, 3.63) is 23.8 Å². The van der Waals surface area contributed by atoms with E-state index in [4.69, 9.17) is 27.0 Å². The molecule has 2 aliphatic carbocycles. The summed E-state index contributed by atoms with van der Waals surface area (Å²) in [5.74, 6) is 0.833. The summed E-state index contributed by atoms with van der Waals surface area (Å²) >= 11 is 0. The predicted molar refractivity (Wildman–Crippen MR) is 103 cm³/mol. The van der Waals surface area contributed by atoms with Crippen LogP contribution in [0.5, 0.6) is 0 Å². The fourth-order valence-corrected chi connectivity index (χ4v) is 3.28. The van der Waals surface area contributed by atoms with Crippen molar-refractivity contribution in [2.75, 3.05) is 19.7 Å². The molecular formula is C19H33N5O. The second kappa shape index (κ2) is 9.73. The minimum atomic E-state index is -0.125. The monoisotopic (exact) mass is 347 g/mol. The highest BCUT2D eigenvalue weighted by Crippen LogP contribution is 2.51. The van der Waals surface area contributed by atoms with Crippen molar-refractivity contribution >= 4 is 11.7 Å². The average Bonchev–Trinajstić information content (AvgIpc) is 3.29. The zero-order valence-electron chi connectivity index (χ0n) is 15.2. The van der Waals surface area contributed by atoms with Crippen LogP contribution < -0.4 is 16.8 Å². The van der Waals surface area contributed by atoms with Crippen molar-refractivity contribution in [3.63, 3.8) is 0 Å². The molecule has 0 spiro atoms. The summed E-state index contributed by atoms with van der Waals surface area (Å²) in [5.41, 5.74) is 11.5. The molecule has 0 aromatic rings. The van der Waals surface area contributed by atoms with Crippen LogP contribution in [0.25, 0.3) is 0 Å². The lowest BCUT2D eigenvalue weighted by Crippen LogP contribution is -2.26. The Bertz CT molecular complexity index is 528. The van der Waals surface area contributed by atoms with E-state index in [2.05, 4.69) is 17.5 Å². The molecule has 0 bridgehead atoms. The van der Waals surface area contributed by atoms with Gasteiger partial charge in [0.1, 0.15) is 5.84 Å². The van der Waals surface area contributed by atoms with Gasteiger partial charge in [-0.2, -0.15) is 0 Å². The Hall–Kier alpha value is -1.66. The molecule has 25 heavy (non-hydrogen) atoms. The second-order valence-corrected chi connectivity index (χ2v) is 7.13. The molecule has 0 amide bonds. The van der Waals surface area contributed by atoms with Gasteiger partial charge < -0.3 is 21.5 Å². The third kappa shape index (κ3) is 6.63. The van der Waals surface area contributed by atoms with Gasteiger partial charge >= 0.3 is 0 Å². The van der Waals surface area contributed by atoms with E-state index in [9.17, 15) is 0 Å². The lowest BCUT2D eigenvalue weighted by molar-refractivity contribution is 0.0609. The van der Waals surface area contributed by atoms with Gasteiger partial charge in [0.15, 0.2) is 0 Å². The third-order valence-electron chi connectivity index (χ3n) is 4.94. The largest absolute Gasteiger partial charge is 0.388 e. The summed E-state index contributed by atoms with van der Waals surface area (Å²) in [6, 6.07) is 0. The zero-order valence-corrected chi connectivity index (χ0v) is 15.2. The topological polar surface area (TPSA) is 121 Å². The summed E-state index contributed by atoms with van der Waals surface area (Å²) in [6.45, 7) is 2.64. The van der Waals surface area contributed by atoms with Crippen LogP contribution in [0.3, 0.4) is 0 Å². The van der Waals surface area contributed by atoms with E-state index in [1.165, 1.54) is 32.1 Å². The first-order valence-corrected chi connectivity index (χ1v) is 9.46. The fraction of sp³-hybridized carbons (Fsp3) is 0.684. The number of rotatable bonds is 14. The quantitative estimate of drug-likeness (QED) is 0.188. The van der Waals surface area contributed by atoms with Gasteiger partial charge in [-0.05, 0) is 25.8 Å². The summed E-state index contributed by atoms with van der Waals surface area (Å²) < 4.78 is 6.03. The molecular weight excluding hydrogens is 314 g/mol. The first kappa shape index (κ1) is 19.7. The molecule has 0 aliphatic heterocycles. The van der Waals surface area contributed by atoms with E-state index in [1.54, 1.807) is 0 Å². The highest BCUT2D eigenvalue weighted by atomic mass is 16.5. The minimum Gasteiger partial charge on any atom is -0.388 e. The molecule has 6 heteroatoms. The van der Waals surface area contributed by atoms with Crippen LogP contribution in [0.2, 0.25) is 0 Å². The number of fused-ring (bicyclic) bond motifs is 1. The number of nitrogens with one attached hydrogen (secondary N) is 3. The van der Waals surface area contributed by atoms with Gasteiger partial charge in [0.05, 0.1) is 18.0 Å². The van der Waals surface area contributed by atoms with Crippen molar-refractivity contribution in [2.45, 2.75) is 57.0 Å². The zero-order chi connectivity index (χ0) is 18.1. The molecule has 0 aromatic carbocycles. The number of nitrogens with two attached hydrogens (primary N) is 2. The van der Waals surface area contributed by atoms with Crippen LogP contribution in [0, 0.1) is 16.7 Å². The Balaban J connectivity index is 1.40. The molecule has 6 nitrogen and oxygen atoms in total. The molecule has 0 heterocycles. The van der Waals surface area contributed by atoms with Crippen LogP contribution in [0.4, 0.5) is 0 Å². The molecule has 1 saturated carbocycles. The van der Waals surface area contributed by atoms with Crippen molar-refractivity contribution in [1.82, 2.24) is 5.32 Å². The molecule has 1 fully saturated rings. The lowest BCUT2D eigenvalue weighted by atomic mass is 10.0. The standard InChI is InChI=1S/C19H33N5O/c20-17(21)7-5-3-1-2-4-6-10-24-11-12-25-19-9-8-15(18(22)23)13-16(19)14-19/h8-9,13,16,24H,1-7,10-12,14H2,(H3,20,21)(H3,22,23)/t16?,19-/m1/s1. The molecule has 7 N–H and O–H groups in total. The maximum absolute atomic E-state index is 7.47. The van der Waals surface area contributed by atoms with Crippen molar-refractivity contribution in [2.24, 2.45) is 17.4 Å². The summed E-state index contributed by atoms with van der Waals surface area (Å²) in [7, 11) is 0. The minimum absolute atomic E-state index is 0.125. The van der Waals surface area contributed by atoms with E-state index in [0.717, 1.165) is 44.5 Å². The van der Waals surface area contributed by atoms with Gasteiger partial charge in [0, 0.05) is 24.5 Å². The number of hydrogen-bond donors (Lipinski definition) is 5. The lowest BCUT2D eigenvalue weighted by Gasteiger charge is -2.17. The van der Waals surface area contributed by atoms with Gasteiger partial charge in [-0.25, -0.2) is 0 Å². The Kier molecular flexibility index (Phi) is 7.65. The maximum atomic E-state index is 7.47. The van der Waals surface area contributed by atoms with E-state index >= 15 is 0 Å². The number of amidine groups is 2. The van der Waals surface area contributed by atoms with Gasteiger partial charge in [-0.15, -0.1) is 0 Å². The van der Waals surface area contributed by atoms with Crippen LogP contribution >= 0.6 is 0 Å². The smallest absolute Gasteiger partial charge is 0.122 e. The van der Waals surface area contributed by atoms with Crippen molar-refractivity contribution in [1.29, 1.82) is 10.8 Å². The summed E-state index contributed by atoms with van der Waals surface area (Å²) in [5, 5.41) is 18.1. The third-order valence-corrected chi connectivity index (χ3v) is 4.94. The Morgan fingerprint density at radius 3 is 2.52 bits per heavy atom. The summed E-state index contributed by atoms with van der Waals surface area (Å²) in [4.78, 5) is 0. The van der Waals surface area contributed by atoms with Crippen LogP contribution in [-0.4, -0.2) is 37.0 Å². The molecule has 1 unspecified atom stereocenters. The van der Waals surface area contributed by atoms with Gasteiger partial charge in [-0.1, -0.05) is 43.9 Å². The normalized spacial score (nSPS) is 23.8. The van der Waals surface area contributed by atoms with Gasteiger partial charge in [0.2, 0.25) is 0 Å². The van der Waals surface area contributed by atoms with Gasteiger partial charge in [-0.3, -0.25) is 10.8 Å². The Morgan fingerprint density at radius 2 is 1.84 bits per heavy atom. The van der Waals surface area contributed by atoms with Crippen LogP contribution in [0.1, 0.15) is 51.4 Å². The molecule has 2 atom stereocenters. The van der Waals surface area contributed by atoms with E-state index in [1.807, 2.05) is 6.08 Å². The van der Waals surface area contributed by atoms with Crippen molar-refractivity contribution < 1.29 is 4.74 Å². The van der Waals surface area contributed by atoms with E-state index in [0.29, 0.717) is 11.8 Å². The molecule has 2 rings (SSSR count). The highest BCUT2D eigenvalue weighted by Gasteiger charge is 2.53. The Labute approximate surface area is 151 Å². The highest BCUT2D eigenvalue weighted by molar-refractivity contribution is 5.97. The molecule has 0 aromatic heterocycles. The summed E-state index contributed by atoms with van der Waals surface area (Å²) in [6.07, 6.45) is 15.0. The number of ether oxygens (including phenoxy) is 1. The first-order valence-electron chi connectivity index (χ1n) is 9.46. The fourth-order valence-electron chi connectivity index (χ4n) is 3.28. The second-order valence-electron chi connectivity index (χ2n) is 7.13. The average molecular weight is 348 g/mol. The number of hydrogen-bond acceptors (Lipinski definition) is 4. The van der Waals surface area contributed by atoms with Gasteiger partial charge in [0.25, 0.3) is 0 Å². The molecule has 2 aliphatic rings. The number of unbranched alkanes of at least 4 members (excludes halogenated alkanes) is 5. The maximum Gasteiger partial charge on any atom is 0.122 e. The van der Waals surface area contributed by atoms with E-state index < -0.39 is 0 Å². The molecule has 0 saturated heterocycles. The predicted octanol–water partition coefficient (Wildman–Crippen LogP) is 2.45. The molecule has 0 radical (unpaired) electrons. The van der Waals surface area contributed by atoms with Crippen molar-refractivity contribution in [3.8, 4) is 0 Å². The van der Waals surface area contributed by atoms with Crippen LogP contribution in [0.15, 0.2) is 23.8 Å². The molecule has 140 valence electrons. The Morgan fingerprint density at radius 1 is 1.12 bits per heavy atom. The van der Waals surface area contributed by atoms with E-state index in [-0.39, 0.29) is 11.4 Å². The SMILES string of the molecule is N=C(N)CCCCCCCCNCCO[C@@]12C=CC(C(=N)N)=CC1C2. The van der Waals surface area contributed by atoms with Crippen LogP contribution in [-0.2, 0) is 4.74 Å².